The van der Waals surface area contributed by atoms with E-state index in [-0.39, 0.29) is 11.9 Å². The molecule has 29 heavy (non-hydrogen) atoms. The van der Waals surface area contributed by atoms with Crippen molar-refractivity contribution in [3.63, 3.8) is 0 Å². The fourth-order valence-corrected chi connectivity index (χ4v) is 5.05. The molecule has 1 amide bonds. The molecule has 0 unspecified atom stereocenters. The molecule has 0 aliphatic heterocycles. The number of fused-ring (bicyclic) bond motifs is 3. The van der Waals surface area contributed by atoms with Gasteiger partial charge in [-0.15, -0.1) is 0 Å². The van der Waals surface area contributed by atoms with Gasteiger partial charge in [0, 0.05) is 25.5 Å². The van der Waals surface area contributed by atoms with Crippen LogP contribution < -0.4 is 5.32 Å². The van der Waals surface area contributed by atoms with Gasteiger partial charge in [-0.25, -0.2) is 9.97 Å². The Morgan fingerprint density at radius 2 is 2.07 bits per heavy atom. The molecule has 2 aromatic rings. The molecule has 0 spiro atoms. The molecule has 0 saturated heterocycles. The van der Waals surface area contributed by atoms with Crippen molar-refractivity contribution in [3.8, 4) is 0 Å². The maximum Gasteiger partial charge on any atom is 0.274 e. The molecule has 4 rings (SSSR count). The normalized spacial score (nSPS) is 26.2. The summed E-state index contributed by atoms with van der Waals surface area (Å²) in [5, 5.41) is 3.29. The number of rotatable bonds is 8. The van der Waals surface area contributed by atoms with Crippen LogP contribution in [0.2, 0.25) is 0 Å². The zero-order chi connectivity index (χ0) is 20.4. The maximum atomic E-state index is 13.1. The van der Waals surface area contributed by atoms with Crippen molar-refractivity contribution >= 4 is 11.6 Å². The summed E-state index contributed by atoms with van der Waals surface area (Å²) in [5.74, 6) is 0.870. The summed E-state index contributed by atoms with van der Waals surface area (Å²) >= 11 is 0. The minimum atomic E-state index is -0.124. The van der Waals surface area contributed by atoms with Gasteiger partial charge in [-0.05, 0) is 56.9 Å². The fraction of sp³-hybridized carbons (Fsp3) is 0.682. The number of aromatic nitrogens is 3. The van der Waals surface area contributed by atoms with Gasteiger partial charge in [0.15, 0.2) is 11.3 Å². The molecule has 4 atom stereocenters. The standard InChI is InChI=1S/C22H32N4O3/c1-4-5-8-29-18-10-15-6-7-16(11-18)19(15)25-22(27)20-21-24-14(2)9-17(12-28-3)26(21)13-23-20/h9,13,15-16,18-19H,4-8,10-12H2,1-3H3,(H,25,27)/t15-,16+,18-,19-. The highest BCUT2D eigenvalue weighted by molar-refractivity contribution is 5.98. The largest absolute Gasteiger partial charge is 0.378 e. The summed E-state index contributed by atoms with van der Waals surface area (Å²) in [4.78, 5) is 22.0. The van der Waals surface area contributed by atoms with E-state index in [9.17, 15) is 4.79 Å². The molecule has 2 fully saturated rings. The van der Waals surface area contributed by atoms with Crippen LogP contribution in [-0.2, 0) is 16.1 Å². The van der Waals surface area contributed by atoms with Crippen LogP contribution in [0.1, 0.15) is 67.3 Å². The second-order valence-corrected chi connectivity index (χ2v) is 8.52. The highest BCUT2D eigenvalue weighted by Crippen LogP contribution is 2.43. The number of aryl methyl sites for hydroxylation is 1. The number of carbonyl (C=O) groups excluding carboxylic acids is 1. The first-order valence-electron chi connectivity index (χ1n) is 10.9. The molecule has 7 nitrogen and oxygen atoms in total. The zero-order valence-electron chi connectivity index (χ0n) is 17.7. The molecule has 2 aliphatic carbocycles. The number of amides is 1. The van der Waals surface area contributed by atoms with E-state index in [1.165, 1.54) is 12.8 Å². The van der Waals surface area contributed by atoms with Crippen molar-refractivity contribution in [2.75, 3.05) is 13.7 Å². The van der Waals surface area contributed by atoms with Crippen LogP contribution in [0.5, 0.6) is 0 Å². The number of hydrogen-bond acceptors (Lipinski definition) is 5. The number of carbonyl (C=O) groups is 1. The first kappa shape index (κ1) is 20.3. The first-order valence-corrected chi connectivity index (χ1v) is 10.9. The molecule has 2 heterocycles. The average Bonchev–Trinajstić information content (AvgIpc) is 3.20. The molecule has 0 radical (unpaired) electrons. The van der Waals surface area contributed by atoms with E-state index in [4.69, 9.17) is 9.47 Å². The van der Waals surface area contributed by atoms with Crippen molar-refractivity contribution in [2.45, 2.75) is 71.1 Å². The molecule has 2 aliphatic rings. The molecule has 1 N–H and O–H groups in total. The second-order valence-electron chi connectivity index (χ2n) is 8.52. The van der Waals surface area contributed by atoms with E-state index < -0.39 is 0 Å². The number of hydrogen-bond donors (Lipinski definition) is 1. The molecule has 2 bridgehead atoms. The Kier molecular flexibility index (Phi) is 6.15. The third-order valence-corrected chi connectivity index (χ3v) is 6.42. The zero-order valence-corrected chi connectivity index (χ0v) is 17.7. The predicted octanol–water partition coefficient (Wildman–Crippen LogP) is 3.29. The van der Waals surface area contributed by atoms with Crippen LogP contribution >= 0.6 is 0 Å². The van der Waals surface area contributed by atoms with Crippen molar-refractivity contribution in [3.05, 3.63) is 29.5 Å². The van der Waals surface area contributed by atoms with Crippen molar-refractivity contribution < 1.29 is 14.3 Å². The van der Waals surface area contributed by atoms with E-state index >= 15 is 0 Å². The van der Waals surface area contributed by atoms with Gasteiger partial charge in [-0.3, -0.25) is 9.20 Å². The molecule has 7 heteroatoms. The lowest BCUT2D eigenvalue weighted by molar-refractivity contribution is -0.00121. The minimum Gasteiger partial charge on any atom is -0.378 e. The second kappa shape index (κ2) is 8.79. The Bertz CT molecular complexity index is 851. The Labute approximate surface area is 172 Å². The number of nitrogens with zero attached hydrogens (tertiary/aromatic N) is 3. The number of ether oxygens (including phenoxy) is 2. The molecular weight excluding hydrogens is 368 g/mol. The van der Waals surface area contributed by atoms with Gasteiger partial charge in [-0.2, -0.15) is 0 Å². The Morgan fingerprint density at radius 3 is 2.76 bits per heavy atom. The van der Waals surface area contributed by atoms with Gasteiger partial charge in [0.2, 0.25) is 0 Å². The fourth-order valence-electron chi connectivity index (χ4n) is 5.05. The van der Waals surface area contributed by atoms with Crippen LogP contribution in [-0.4, -0.2) is 46.1 Å². The SMILES string of the molecule is CCCCO[C@@H]1C[C@H]2CC[C@@H](C1)[C@@H]2NC(=O)c1ncn2c(COC)cc(C)nc12. The van der Waals surface area contributed by atoms with Crippen molar-refractivity contribution in [1.82, 2.24) is 19.7 Å². The lowest BCUT2D eigenvalue weighted by atomic mass is 9.82. The van der Waals surface area contributed by atoms with Crippen LogP contribution in [0.4, 0.5) is 0 Å². The third kappa shape index (κ3) is 4.16. The van der Waals surface area contributed by atoms with Crippen LogP contribution in [0, 0.1) is 18.8 Å². The maximum absolute atomic E-state index is 13.1. The monoisotopic (exact) mass is 400 g/mol. The number of nitrogens with one attached hydrogen (secondary N) is 1. The smallest absolute Gasteiger partial charge is 0.274 e. The summed E-state index contributed by atoms with van der Waals surface area (Å²) in [6.45, 7) is 5.41. The highest BCUT2D eigenvalue weighted by Gasteiger charge is 2.44. The third-order valence-electron chi connectivity index (χ3n) is 6.42. The number of imidazole rings is 1. The van der Waals surface area contributed by atoms with E-state index in [1.807, 2.05) is 17.4 Å². The van der Waals surface area contributed by atoms with E-state index in [2.05, 4.69) is 22.2 Å². The molecular formula is C22H32N4O3. The molecule has 2 saturated carbocycles. The molecule has 158 valence electrons. The summed E-state index contributed by atoms with van der Waals surface area (Å²) in [7, 11) is 1.66. The van der Waals surface area contributed by atoms with Gasteiger partial charge < -0.3 is 14.8 Å². The predicted molar refractivity (Wildman–Crippen MR) is 110 cm³/mol. The van der Waals surface area contributed by atoms with Crippen molar-refractivity contribution in [2.24, 2.45) is 11.8 Å². The van der Waals surface area contributed by atoms with Crippen LogP contribution in [0.25, 0.3) is 5.65 Å². The van der Waals surface area contributed by atoms with Gasteiger partial charge in [-0.1, -0.05) is 13.3 Å². The lowest BCUT2D eigenvalue weighted by Gasteiger charge is -2.35. The molecule has 2 aromatic heterocycles. The number of unbranched alkanes of at least 4 members (excludes halogenated alkanes) is 1. The van der Waals surface area contributed by atoms with Crippen LogP contribution in [0.15, 0.2) is 12.4 Å². The number of methoxy groups -OCH3 is 1. The topological polar surface area (TPSA) is 77.8 Å². The molecule has 0 aromatic carbocycles. The van der Waals surface area contributed by atoms with Crippen molar-refractivity contribution in [1.29, 1.82) is 0 Å². The van der Waals surface area contributed by atoms with Gasteiger partial charge in [0.1, 0.15) is 6.33 Å². The van der Waals surface area contributed by atoms with E-state index in [0.717, 1.165) is 43.7 Å². The van der Waals surface area contributed by atoms with Gasteiger partial charge in [0.25, 0.3) is 5.91 Å². The average molecular weight is 401 g/mol. The van der Waals surface area contributed by atoms with Crippen LogP contribution in [0.3, 0.4) is 0 Å². The Morgan fingerprint density at radius 1 is 1.31 bits per heavy atom. The summed E-state index contributed by atoms with van der Waals surface area (Å²) < 4.78 is 13.2. The lowest BCUT2D eigenvalue weighted by Crippen LogP contribution is -2.46. The summed E-state index contributed by atoms with van der Waals surface area (Å²) in [6, 6.07) is 2.17. The first-order chi connectivity index (χ1) is 14.1. The Balaban J connectivity index is 1.47. The van der Waals surface area contributed by atoms with Gasteiger partial charge in [0.05, 0.1) is 18.4 Å². The minimum absolute atomic E-state index is 0.124. The summed E-state index contributed by atoms with van der Waals surface area (Å²) in [5.41, 5.74) is 2.78. The van der Waals surface area contributed by atoms with E-state index in [1.54, 1.807) is 13.4 Å². The van der Waals surface area contributed by atoms with Gasteiger partial charge >= 0.3 is 0 Å². The quantitative estimate of drug-likeness (QED) is 0.688. The Hall–Kier alpha value is -1.99. The summed E-state index contributed by atoms with van der Waals surface area (Å²) in [6.07, 6.45) is 8.73. The van der Waals surface area contributed by atoms with E-state index in [0.29, 0.717) is 35.9 Å². The highest BCUT2D eigenvalue weighted by atomic mass is 16.5.